The van der Waals surface area contributed by atoms with Crippen LogP contribution in [0.15, 0.2) is 84.9 Å². The lowest BCUT2D eigenvalue weighted by molar-refractivity contribution is -0.384. The Morgan fingerprint density at radius 3 is 2.29 bits per heavy atom. The highest BCUT2D eigenvalue weighted by molar-refractivity contribution is 5.99. The molecule has 1 atom stereocenters. The van der Waals surface area contributed by atoms with Gasteiger partial charge in [0, 0.05) is 29.5 Å². The van der Waals surface area contributed by atoms with E-state index in [-0.39, 0.29) is 5.69 Å². The maximum absolute atomic E-state index is 12.5. The average molecular weight is 416 g/mol. The van der Waals surface area contributed by atoms with E-state index in [2.05, 4.69) is 5.32 Å². The molecular formula is C24H20N2O5. The second-order valence-electron chi connectivity index (χ2n) is 6.66. The maximum Gasteiger partial charge on any atom is 0.331 e. The fourth-order valence-electron chi connectivity index (χ4n) is 2.83. The molecule has 0 fully saturated rings. The molecule has 0 radical (unpaired) electrons. The third kappa shape index (κ3) is 5.86. The molecule has 3 aromatic rings. The van der Waals surface area contributed by atoms with Crippen molar-refractivity contribution in [2.45, 2.75) is 13.0 Å². The number of nitrogens with one attached hydrogen (secondary N) is 1. The van der Waals surface area contributed by atoms with Gasteiger partial charge in [0.05, 0.1) is 4.92 Å². The summed E-state index contributed by atoms with van der Waals surface area (Å²) in [6, 6.07) is 22.7. The molecule has 7 heteroatoms. The van der Waals surface area contributed by atoms with E-state index < -0.39 is 22.9 Å². The van der Waals surface area contributed by atoms with Gasteiger partial charge in [-0.2, -0.15) is 0 Å². The summed E-state index contributed by atoms with van der Waals surface area (Å²) in [4.78, 5) is 34.8. The molecule has 0 aliphatic rings. The smallest absolute Gasteiger partial charge is 0.331 e. The number of esters is 1. The van der Waals surface area contributed by atoms with Gasteiger partial charge in [-0.15, -0.1) is 0 Å². The fraction of sp³-hybridized carbons (Fsp3) is 0.0833. The minimum atomic E-state index is -1.02. The molecule has 0 aliphatic carbocycles. The number of non-ortho nitro benzene ring substituents is 1. The Balaban J connectivity index is 1.61. The fourth-order valence-corrected chi connectivity index (χ4v) is 2.83. The van der Waals surface area contributed by atoms with Gasteiger partial charge in [0.15, 0.2) is 6.10 Å². The summed E-state index contributed by atoms with van der Waals surface area (Å²) in [5.41, 5.74) is 2.97. The highest BCUT2D eigenvalue weighted by atomic mass is 16.6. The van der Waals surface area contributed by atoms with Crippen LogP contribution in [-0.2, 0) is 14.3 Å². The summed E-state index contributed by atoms with van der Waals surface area (Å²) in [5.74, 6) is -1.15. The molecule has 0 aromatic heterocycles. The van der Waals surface area contributed by atoms with Crippen molar-refractivity contribution in [3.63, 3.8) is 0 Å². The number of ether oxygens (including phenoxy) is 1. The van der Waals surface area contributed by atoms with E-state index in [0.29, 0.717) is 11.3 Å². The number of nitro groups is 1. The lowest BCUT2D eigenvalue weighted by Crippen LogP contribution is -2.29. The lowest BCUT2D eigenvalue weighted by atomic mass is 10.0. The quantitative estimate of drug-likeness (QED) is 0.257. The van der Waals surface area contributed by atoms with Crippen molar-refractivity contribution >= 4 is 29.3 Å². The van der Waals surface area contributed by atoms with Crippen molar-refractivity contribution < 1.29 is 19.2 Å². The number of para-hydroxylation sites is 1. The molecule has 0 spiro atoms. The summed E-state index contributed by atoms with van der Waals surface area (Å²) >= 11 is 0. The molecule has 156 valence electrons. The van der Waals surface area contributed by atoms with Crippen LogP contribution in [0.4, 0.5) is 11.4 Å². The maximum atomic E-state index is 12.5. The summed E-state index contributed by atoms with van der Waals surface area (Å²) in [6.07, 6.45) is 1.61. The van der Waals surface area contributed by atoms with E-state index in [4.69, 9.17) is 4.74 Å². The van der Waals surface area contributed by atoms with Gasteiger partial charge < -0.3 is 10.1 Å². The first-order valence-corrected chi connectivity index (χ1v) is 9.52. The summed E-state index contributed by atoms with van der Waals surface area (Å²) in [7, 11) is 0. The Bertz CT molecular complexity index is 1110. The first kappa shape index (κ1) is 21.4. The number of rotatable bonds is 7. The van der Waals surface area contributed by atoms with Crippen LogP contribution in [0.25, 0.3) is 17.2 Å². The average Bonchev–Trinajstić information content (AvgIpc) is 2.79. The van der Waals surface area contributed by atoms with E-state index >= 15 is 0 Å². The number of nitro benzene ring substituents is 1. The van der Waals surface area contributed by atoms with Crippen molar-refractivity contribution in [2.24, 2.45) is 0 Å². The number of nitrogens with zero attached hydrogens (tertiary/aromatic N) is 1. The first-order chi connectivity index (χ1) is 14.9. The molecule has 0 aliphatic heterocycles. The Kier molecular flexibility index (Phi) is 6.90. The Labute approximate surface area is 179 Å². The van der Waals surface area contributed by atoms with Gasteiger partial charge in [-0.1, -0.05) is 48.5 Å². The van der Waals surface area contributed by atoms with Crippen LogP contribution in [0.5, 0.6) is 0 Å². The lowest BCUT2D eigenvalue weighted by Gasteiger charge is -2.15. The third-order valence-corrected chi connectivity index (χ3v) is 4.45. The van der Waals surface area contributed by atoms with Crippen molar-refractivity contribution in [2.75, 3.05) is 5.32 Å². The number of benzene rings is 3. The molecule has 1 N–H and O–H groups in total. The van der Waals surface area contributed by atoms with Crippen LogP contribution in [0.3, 0.4) is 0 Å². The SMILES string of the molecule is C[C@@H](OC(=O)/C=C/c1ccc([N+](=O)[O-])cc1)C(=O)Nc1ccccc1-c1ccccc1. The number of carbonyl (C=O) groups is 2. The molecule has 1 amide bonds. The van der Waals surface area contributed by atoms with Crippen molar-refractivity contribution in [3.05, 3.63) is 101 Å². The van der Waals surface area contributed by atoms with Crippen molar-refractivity contribution in [1.29, 1.82) is 0 Å². The normalized spacial score (nSPS) is 11.6. The predicted octanol–water partition coefficient (Wildman–Crippen LogP) is 4.85. The third-order valence-electron chi connectivity index (χ3n) is 4.45. The Morgan fingerprint density at radius 2 is 1.61 bits per heavy atom. The van der Waals surface area contributed by atoms with E-state index in [1.54, 1.807) is 6.07 Å². The van der Waals surface area contributed by atoms with Crippen molar-refractivity contribution in [1.82, 2.24) is 0 Å². The number of hydrogen-bond acceptors (Lipinski definition) is 5. The van der Waals surface area contributed by atoms with Crippen molar-refractivity contribution in [3.8, 4) is 11.1 Å². The molecule has 0 saturated heterocycles. The second kappa shape index (κ2) is 9.98. The van der Waals surface area contributed by atoms with Gasteiger partial charge in [-0.25, -0.2) is 4.79 Å². The van der Waals surface area contributed by atoms with Gasteiger partial charge >= 0.3 is 5.97 Å². The second-order valence-corrected chi connectivity index (χ2v) is 6.66. The molecule has 0 unspecified atom stereocenters. The van der Waals surface area contributed by atoms with Crippen LogP contribution < -0.4 is 5.32 Å². The summed E-state index contributed by atoms with van der Waals surface area (Å²) in [6.45, 7) is 1.48. The predicted molar refractivity (Wildman–Crippen MR) is 118 cm³/mol. The van der Waals surface area contributed by atoms with Gasteiger partial charge in [-0.3, -0.25) is 14.9 Å². The number of amides is 1. The molecule has 0 saturated carbocycles. The molecular weight excluding hydrogens is 396 g/mol. The minimum Gasteiger partial charge on any atom is -0.449 e. The number of carbonyl (C=O) groups excluding carboxylic acids is 2. The molecule has 3 rings (SSSR count). The molecule has 0 heterocycles. The molecule has 0 bridgehead atoms. The Morgan fingerprint density at radius 1 is 0.968 bits per heavy atom. The zero-order valence-corrected chi connectivity index (χ0v) is 16.7. The van der Waals surface area contributed by atoms with Gasteiger partial charge in [0.1, 0.15) is 0 Å². The van der Waals surface area contributed by atoms with Crippen LogP contribution in [-0.4, -0.2) is 22.9 Å². The zero-order valence-electron chi connectivity index (χ0n) is 16.7. The highest BCUT2D eigenvalue weighted by Crippen LogP contribution is 2.27. The summed E-state index contributed by atoms with van der Waals surface area (Å²) < 4.78 is 5.17. The summed E-state index contributed by atoms with van der Waals surface area (Å²) in [5, 5.41) is 13.5. The molecule has 3 aromatic carbocycles. The van der Waals surface area contributed by atoms with Gasteiger partial charge in [0.2, 0.25) is 0 Å². The first-order valence-electron chi connectivity index (χ1n) is 9.52. The zero-order chi connectivity index (χ0) is 22.2. The van der Waals surface area contributed by atoms with E-state index in [1.807, 2.05) is 48.5 Å². The largest absolute Gasteiger partial charge is 0.449 e. The standard InChI is InChI=1S/C24H20N2O5/c1-17(31-23(27)16-13-18-11-14-20(15-12-18)26(29)30)24(28)25-22-10-6-5-9-21(22)19-7-3-2-4-8-19/h2-17H,1H3,(H,25,28)/b16-13+/t17-/m1/s1. The van der Waals surface area contributed by atoms with Crippen LogP contribution in [0.2, 0.25) is 0 Å². The monoisotopic (exact) mass is 416 g/mol. The van der Waals surface area contributed by atoms with Gasteiger partial charge in [0.25, 0.3) is 11.6 Å². The number of hydrogen-bond donors (Lipinski definition) is 1. The highest BCUT2D eigenvalue weighted by Gasteiger charge is 2.18. The minimum absolute atomic E-state index is 0.0409. The van der Waals surface area contributed by atoms with Crippen LogP contribution >= 0.6 is 0 Å². The van der Waals surface area contributed by atoms with Crippen LogP contribution in [0.1, 0.15) is 12.5 Å². The molecule has 7 nitrogen and oxygen atoms in total. The van der Waals surface area contributed by atoms with Gasteiger partial charge in [-0.05, 0) is 42.3 Å². The number of anilines is 1. The van der Waals surface area contributed by atoms with Crippen LogP contribution in [0, 0.1) is 10.1 Å². The van der Waals surface area contributed by atoms with E-state index in [1.165, 1.54) is 43.3 Å². The Hall–Kier alpha value is -4.26. The topological polar surface area (TPSA) is 98.5 Å². The van der Waals surface area contributed by atoms with E-state index in [0.717, 1.165) is 11.1 Å². The molecule has 31 heavy (non-hydrogen) atoms. The van der Waals surface area contributed by atoms with E-state index in [9.17, 15) is 19.7 Å².